The van der Waals surface area contributed by atoms with Crippen LogP contribution in [0.3, 0.4) is 0 Å². The van der Waals surface area contributed by atoms with E-state index in [9.17, 15) is 0 Å². The van der Waals surface area contributed by atoms with Crippen LogP contribution in [-0.2, 0) is 18.3 Å². The van der Waals surface area contributed by atoms with E-state index in [4.69, 9.17) is 18.3 Å². The van der Waals surface area contributed by atoms with E-state index in [0.29, 0.717) is 13.2 Å². The zero-order valence-corrected chi connectivity index (χ0v) is 19.0. The topological polar surface area (TPSA) is 36.9 Å². The fourth-order valence-electron chi connectivity index (χ4n) is 4.92. The lowest BCUT2D eigenvalue weighted by molar-refractivity contribution is -0.184. The van der Waals surface area contributed by atoms with E-state index in [1.54, 1.807) is 0 Å². The lowest BCUT2D eigenvalue weighted by Crippen LogP contribution is -2.66. The minimum atomic E-state index is -2.39. The Morgan fingerprint density at radius 2 is 1.44 bits per heavy atom. The Bertz CT molecular complexity index is 483. The maximum atomic E-state index is 6.74. The molecule has 0 aromatic heterocycles. The zero-order chi connectivity index (χ0) is 18.7. The van der Waals surface area contributed by atoms with E-state index in [1.807, 2.05) is 11.8 Å². The smallest absolute Gasteiger partial charge is 0.349 e. The number of thioether (sulfide) groups is 1. The summed E-state index contributed by atoms with van der Waals surface area (Å²) < 4.78 is 26.2. The molecule has 3 aliphatic heterocycles. The van der Waals surface area contributed by atoms with Crippen LogP contribution in [0.4, 0.5) is 0 Å². The van der Waals surface area contributed by atoms with Crippen molar-refractivity contribution in [3.05, 3.63) is 0 Å². The second kappa shape index (κ2) is 6.21. The molecule has 6 heteroatoms. The Kier molecular flexibility index (Phi) is 5.00. The van der Waals surface area contributed by atoms with Crippen LogP contribution in [0.15, 0.2) is 0 Å². The van der Waals surface area contributed by atoms with E-state index in [0.717, 1.165) is 18.6 Å². The zero-order valence-electron chi connectivity index (χ0n) is 17.2. The van der Waals surface area contributed by atoms with E-state index in [2.05, 4.69) is 55.4 Å². The van der Waals surface area contributed by atoms with Crippen molar-refractivity contribution in [1.82, 2.24) is 0 Å². The molecule has 0 saturated carbocycles. The molecule has 0 N–H and O–H groups in total. The number of hydrogen-bond donors (Lipinski definition) is 0. The lowest BCUT2D eigenvalue weighted by atomic mass is 10.00. The Morgan fingerprint density at radius 3 is 1.88 bits per heavy atom. The minimum Gasteiger partial charge on any atom is -0.392 e. The lowest BCUT2D eigenvalue weighted by Gasteiger charge is -2.55. The average molecular weight is 389 g/mol. The van der Waals surface area contributed by atoms with Gasteiger partial charge in [0.25, 0.3) is 0 Å². The quantitative estimate of drug-likeness (QED) is 0.631. The molecule has 0 radical (unpaired) electrons. The molecular weight excluding hydrogens is 352 g/mol. The Labute approximate surface area is 158 Å². The molecule has 0 amide bonds. The number of fused-ring (bicyclic) bond motifs is 2. The summed E-state index contributed by atoms with van der Waals surface area (Å²) in [4.78, 5) is 0. The summed E-state index contributed by atoms with van der Waals surface area (Å²) in [6, 6.07) is 0. The predicted octanol–water partition coefficient (Wildman–Crippen LogP) is 4.86. The first kappa shape index (κ1) is 20.1. The normalized spacial score (nSPS) is 33.6. The van der Waals surface area contributed by atoms with Crippen molar-refractivity contribution in [3.8, 4) is 0 Å². The fraction of sp³-hybridized carbons (Fsp3) is 1.00. The Morgan fingerprint density at radius 1 is 0.920 bits per heavy atom. The fourth-order valence-corrected chi connectivity index (χ4v) is 11.5. The molecule has 3 saturated heterocycles. The molecule has 3 heterocycles. The summed E-state index contributed by atoms with van der Waals surface area (Å²) in [6.45, 7) is 19.3. The first-order chi connectivity index (χ1) is 11.4. The van der Waals surface area contributed by atoms with Crippen molar-refractivity contribution < 1.29 is 18.3 Å². The summed E-state index contributed by atoms with van der Waals surface area (Å²) in [5.74, 6) is 0.558. The molecule has 3 rings (SSSR count). The molecule has 1 spiro atoms. The van der Waals surface area contributed by atoms with E-state index in [1.165, 1.54) is 0 Å². The van der Waals surface area contributed by atoms with Crippen LogP contribution in [0.5, 0.6) is 0 Å². The van der Waals surface area contributed by atoms with Gasteiger partial charge in [0.15, 0.2) is 5.79 Å². The SMILES string of the molecule is CCC1(CC)O[C@H]2CSC3(CO[Si](C(C)(C)C)(C(C)(C)C)OC3)[C@H]2O1. The maximum Gasteiger partial charge on any atom is 0.349 e. The van der Waals surface area contributed by atoms with Crippen molar-refractivity contribution in [2.75, 3.05) is 19.0 Å². The van der Waals surface area contributed by atoms with Gasteiger partial charge < -0.3 is 18.3 Å². The molecule has 4 nitrogen and oxygen atoms in total. The van der Waals surface area contributed by atoms with Gasteiger partial charge >= 0.3 is 8.56 Å². The molecule has 146 valence electrons. The van der Waals surface area contributed by atoms with Gasteiger partial charge in [-0.05, 0) is 12.8 Å². The largest absolute Gasteiger partial charge is 0.392 e. The molecule has 0 aromatic carbocycles. The number of rotatable bonds is 2. The summed E-state index contributed by atoms with van der Waals surface area (Å²) in [5.41, 5.74) is 0. The highest BCUT2D eigenvalue weighted by Gasteiger charge is 2.67. The van der Waals surface area contributed by atoms with Gasteiger partial charge in [-0.15, -0.1) is 11.8 Å². The second-order valence-corrected chi connectivity index (χ2v) is 16.1. The van der Waals surface area contributed by atoms with Gasteiger partial charge in [-0.3, -0.25) is 0 Å². The first-order valence-electron chi connectivity index (χ1n) is 9.72. The molecule has 3 fully saturated rings. The molecule has 25 heavy (non-hydrogen) atoms. The van der Waals surface area contributed by atoms with Gasteiger partial charge in [0.1, 0.15) is 6.10 Å². The van der Waals surface area contributed by atoms with Gasteiger partial charge in [-0.2, -0.15) is 0 Å². The van der Waals surface area contributed by atoms with Gasteiger partial charge in [-0.25, -0.2) is 0 Å². The predicted molar refractivity (Wildman–Crippen MR) is 105 cm³/mol. The van der Waals surface area contributed by atoms with Crippen LogP contribution in [0, 0.1) is 0 Å². The molecule has 0 aromatic rings. The Hall–Kier alpha value is 0.407. The molecule has 0 unspecified atom stereocenters. The number of ether oxygens (including phenoxy) is 2. The van der Waals surface area contributed by atoms with Crippen molar-refractivity contribution in [1.29, 1.82) is 0 Å². The number of hydrogen-bond acceptors (Lipinski definition) is 5. The van der Waals surface area contributed by atoms with Crippen LogP contribution < -0.4 is 0 Å². The molecule has 3 aliphatic rings. The first-order valence-corrected chi connectivity index (χ1v) is 12.5. The van der Waals surface area contributed by atoms with Crippen molar-refractivity contribution in [3.63, 3.8) is 0 Å². The van der Waals surface area contributed by atoms with Crippen molar-refractivity contribution >= 4 is 20.3 Å². The molecule has 0 aliphatic carbocycles. The van der Waals surface area contributed by atoms with Crippen LogP contribution >= 0.6 is 11.8 Å². The van der Waals surface area contributed by atoms with Crippen LogP contribution in [-0.4, -0.2) is 50.3 Å². The second-order valence-electron chi connectivity index (χ2n) is 9.88. The summed E-state index contributed by atoms with van der Waals surface area (Å²) in [5, 5.41) is 0.0539. The van der Waals surface area contributed by atoms with Crippen molar-refractivity contribution in [2.45, 2.75) is 101 Å². The maximum absolute atomic E-state index is 6.74. The average Bonchev–Trinajstić information content (AvgIpc) is 3.04. The van der Waals surface area contributed by atoms with Crippen LogP contribution in [0.1, 0.15) is 68.2 Å². The third-order valence-electron chi connectivity index (χ3n) is 6.19. The van der Waals surface area contributed by atoms with E-state index >= 15 is 0 Å². The van der Waals surface area contributed by atoms with Gasteiger partial charge in [0.05, 0.1) is 24.1 Å². The van der Waals surface area contributed by atoms with Gasteiger partial charge in [0, 0.05) is 15.8 Å². The van der Waals surface area contributed by atoms with Crippen LogP contribution in [0.25, 0.3) is 0 Å². The van der Waals surface area contributed by atoms with Gasteiger partial charge in [0.2, 0.25) is 0 Å². The third kappa shape index (κ3) is 2.95. The summed E-state index contributed by atoms with van der Waals surface area (Å²) >= 11 is 1.92. The van der Waals surface area contributed by atoms with E-state index < -0.39 is 14.3 Å². The molecule has 0 bridgehead atoms. The highest BCUT2D eigenvalue weighted by Crippen LogP contribution is 2.58. The Balaban J connectivity index is 1.82. The standard InChI is InChI=1S/C19H36O4SSi/c1-9-19(10-2)22-14-11-24-18(15(14)23-19)12-20-25(21-13-18,16(3,4)5)17(6,7)8/h14-15H,9-13H2,1-8H3/t14-,15-/m0/s1. The highest BCUT2D eigenvalue weighted by atomic mass is 32.2. The van der Waals surface area contributed by atoms with E-state index in [-0.39, 0.29) is 27.0 Å². The minimum absolute atomic E-state index is 0.0269. The monoisotopic (exact) mass is 388 g/mol. The molecular formula is C19H36O4SSi. The molecule has 2 atom stereocenters. The van der Waals surface area contributed by atoms with Crippen molar-refractivity contribution in [2.24, 2.45) is 0 Å². The van der Waals surface area contributed by atoms with Gasteiger partial charge in [-0.1, -0.05) is 55.4 Å². The third-order valence-corrected chi connectivity index (χ3v) is 12.8. The highest BCUT2D eigenvalue weighted by molar-refractivity contribution is 8.01. The van der Waals surface area contributed by atoms with Crippen LogP contribution in [0.2, 0.25) is 10.1 Å². The summed E-state index contributed by atoms with van der Waals surface area (Å²) in [7, 11) is -2.39. The summed E-state index contributed by atoms with van der Waals surface area (Å²) in [6.07, 6.45) is 2.02.